The molecule has 0 radical (unpaired) electrons. The van der Waals surface area contributed by atoms with Crippen LogP contribution >= 0.6 is 34.2 Å². The first-order chi connectivity index (χ1) is 10.3. The Morgan fingerprint density at radius 2 is 2.05 bits per heavy atom. The summed E-state index contributed by atoms with van der Waals surface area (Å²) < 4.78 is 41.1. The highest BCUT2D eigenvalue weighted by Gasteiger charge is 2.37. The molecule has 0 atom stereocenters. The molecule has 0 N–H and O–H groups in total. The van der Waals surface area contributed by atoms with E-state index < -0.39 is 23.2 Å². The van der Waals surface area contributed by atoms with Gasteiger partial charge in [-0.1, -0.05) is 17.7 Å². The molecule has 3 nitrogen and oxygen atoms in total. The molecule has 3 rings (SSSR count). The largest absolute Gasteiger partial charge is 0.417 e. The van der Waals surface area contributed by atoms with Crippen LogP contribution in [0.1, 0.15) is 33.6 Å². The van der Waals surface area contributed by atoms with E-state index in [9.17, 15) is 18.0 Å². The number of hydrogen-bond acceptors (Lipinski definition) is 2. The first-order valence-corrected chi connectivity index (χ1v) is 7.93. The topological polar surface area (TPSA) is 34.9 Å². The molecule has 0 fully saturated rings. The Bertz CT molecular complexity index is 770. The van der Waals surface area contributed by atoms with Crippen molar-refractivity contribution < 1.29 is 18.0 Å². The van der Waals surface area contributed by atoms with Gasteiger partial charge in [-0.05, 0) is 54.0 Å². The molecule has 22 heavy (non-hydrogen) atoms. The van der Waals surface area contributed by atoms with E-state index >= 15 is 0 Å². The number of hydrogen-bond donors (Lipinski definition) is 0. The Balaban J connectivity index is 2.17. The Hall–Kier alpha value is -1.09. The number of aromatic nitrogens is 2. The number of carbonyl (C=O) groups is 1. The van der Waals surface area contributed by atoms with Crippen LogP contribution in [0.15, 0.2) is 18.2 Å². The molecule has 1 aliphatic rings. The van der Waals surface area contributed by atoms with Crippen LogP contribution in [0, 0.1) is 3.70 Å². The highest BCUT2D eigenvalue weighted by molar-refractivity contribution is 14.1. The van der Waals surface area contributed by atoms with E-state index in [-0.39, 0.29) is 5.02 Å². The SMILES string of the molecule is O=C(c1c(Cl)cccc1C(F)(F)F)n1nc(I)c2c1CCC2. The quantitative estimate of drug-likeness (QED) is 0.619. The zero-order valence-electron chi connectivity index (χ0n) is 11.0. The maximum Gasteiger partial charge on any atom is 0.417 e. The Morgan fingerprint density at radius 1 is 1.32 bits per heavy atom. The summed E-state index contributed by atoms with van der Waals surface area (Å²) in [6.45, 7) is 0. The fourth-order valence-corrected chi connectivity index (χ4v) is 3.70. The molecular formula is C14H9ClF3IN2O. The van der Waals surface area contributed by atoms with Crippen LogP contribution in [0.2, 0.25) is 5.02 Å². The summed E-state index contributed by atoms with van der Waals surface area (Å²) >= 11 is 7.87. The minimum atomic E-state index is -4.65. The summed E-state index contributed by atoms with van der Waals surface area (Å²) in [6.07, 6.45) is -2.37. The van der Waals surface area contributed by atoms with Crippen LogP contribution in [0.25, 0.3) is 0 Å². The second kappa shape index (κ2) is 5.52. The van der Waals surface area contributed by atoms with Crippen molar-refractivity contribution in [2.75, 3.05) is 0 Å². The molecule has 0 amide bonds. The maximum atomic E-state index is 13.1. The molecule has 2 aromatic rings. The zero-order chi connectivity index (χ0) is 16.1. The average molecular weight is 441 g/mol. The Morgan fingerprint density at radius 3 is 2.73 bits per heavy atom. The molecule has 0 unspecified atom stereocenters. The van der Waals surface area contributed by atoms with Gasteiger partial charge in [-0.2, -0.15) is 23.0 Å². The third kappa shape index (κ3) is 2.54. The third-order valence-electron chi connectivity index (χ3n) is 3.61. The monoisotopic (exact) mass is 440 g/mol. The fourth-order valence-electron chi connectivity index (χ4n) is 2.64. The number of halogens is 5. The van der Waals surface area contributed by atoms with E-state index in [4.69, 9.17) is 11.6 Å². The van der Waals surface area contributed by atoms with Crippen molar-refractivity contribution in [2.45, 2.75) is 25.4 Å². The van der Waals surface area contributed by atoms with E-state index in [1.54, 1.807) is 0 Å². The van der Waals surface area contributed by atoms with Crippen molar-refractivity contribution in [1.29, 1.82) is 0 Å². The van der Waals surface area contributed by atoms with Crippen molar-refractivity contribution in [3.05, 3.63) is 49.3 Å². The van der Waals surface area contributed by atoms with Crippen molar-refractivity contribution in [3.8, 4) is 0 Å². The lowest BCUT2D eigenvalue weighted by Gasteiger charge is -2.14. The highest BCUT2D eigenvalue weighted by atomic mass is 127. The smallest absolute Gasteiger partial charge is 0.267 e. The van der Waals surface area contributed by atoms with E-state index in [2.05, 4.69) is 5.10 Å². The first kappa shape index (κ1) is 15.8. The van der Waals surface area contributed by atoms with E-state index in [0.29, 0.717) is 15.8 Å². The van der Waals surface area contributed by atoms with Gasteiger partial charge in [0.25, 0.3) is 5.91 Å². The molecule has 1 aromatic carbocycles. The van der Waals surface area contributed by atoms with E-state index in [1.165, 1.54) is 12.1 Å². The van der Waals surface area contributed by atoms with Crippen molar-refractivity contribution in [2.24, 2.45) is 0 Å². The van der Waals surface area contributed by atoms with Gasteiger partial charge in [-0.15, -0.1) is 0 Å². The Labute approximate surface area is 142 Å². The summed E-state index contributed by atoms with van der Waals surface area (Å²) in [5.74, 6) is -0.834. The van der Waals surface area contributed by atoms with Crippen LogP contribution < -0.4 is 0 Å². The molecule has 8 heteroatoms. The summed E-state index contributed by atoms with van der Waals surface area (Å²) in [6, 6.07) is 3.31. The predicted molar refractivity (Wildman–Crippen MR) is 83.2 cm³/mol. The zero-order valence-corrected chi connectivity index (χ0v) is 14.0. The van der Waals surface area contributed by atoms with Crippen LogP contribution in [0.5, 0.6) is 0 Å². The fraction of sp³-hybridized carbons (Fsp3) is 0.286. The molecular weight excluding hydrogens is 432 g/mol. The summed E-state index contributed by atoms with van der Waals surface area (Å²) in [5, 5.41) is 3.88. The second-order valence-electron chi connectivity index (χ2n) is 4.95. The lowest BCUT2D eigenvalue weighted by Crippen LogP contribution is -2.21. The molecule has 1 heterocycles. The van der Waals surface area contributed by atoms with Gasteiger partial charge >= 0.3 is 6.18 Å². The van der Waals surface area contributed by atoms with Gasteiger partial charge in [0.1, 0.15) is 3.70 Å². The minimum absolute atomic E-state index is 0.225. The van der Waals surface area contributed by atoms with E-state index in [0.717, 1.165) is 29.2 Å². The van der Waals surface area contributed by atoms with Crippen LogP contribution in [-0.4, -0.2) is 15.7 Å². The van der Waals surface area contributed by atoms with Gasteiger partial charge in [0, 0.05) is 5.56 Å². The van der Waals surface area contributed by atoms with Gasteiger partial charge in [0.2, 0.25) is 0 Å². The predicted octanol–water partition coefficient (Wildman–Crippen LogP) is 4.34. The number of nitrogens with zero attached hydrogens (tertiary/aromatic N) is 2. The van der Waals surface area contributed by atoms with Crippen molar-refractivity contribution >= 4 is 40.1 Å². The van der Waals surface area contributed by atoms with Crippen LogP contribution in [0.4, 0.5) is 13.2 Å². The number of benzene rings is 1. The van der Waals surface area contributed by atoms with Gasteiger partial charge in [-0.25, -0.2) is 0 Å². The van der Waals surface area contributed by atoms with Gasteiger partial charge in [-0.3, -0.25) is 4.79 Å². The average Bonchev–Trinajstić information content (AvgIpc) is 3.01. The number of alkyl halides is 3. The molecule has 0 spiro atoms. The van der Waals surface area contributed by atoms with Gasteiger partial charge in [0.15, 0.2) is 0 Å². The molecule has 1 aliphatic carbocycles. The lowest BCUT2D eigenvalue weighted by molar-refractivity contribution is -0.137. The molecule has 1 aromatic heterocycles. The molecule has 0 saturated heterocycles. The third-order valence-corrected chi connectivity index (χ3v) is 4.79. The second-order valence-corrected chi connectivity index (χ2v) is 6.38. The summed E-state index contributed by atoms with van der Waals surface area (Å²) in [7, 11) is 0. The highest BCUT2D eigenvalue weighted by Crippen LogP contribution is 2.36. The number of rotatable bonds is 1. The molecule has 116 valence electrons. The molecule has 0 saturated carbocycles. The van der Waals surface area contributed by atoms with Crippen molar-refractivity contribution in [1.82, 2.24) is 9.78 Å². The molecule has 0 aliphatic heterocycles. The molecule has 0 bridgehead atoms. The first-order valence-electron chi connectivity index (χ1n) is 6.47. The number of fused-ring (bicyclic) bond motifs is 1. The summed E-state index contributed by atoms with van der Waals surface area (Å²) in [4.78, 5) is 12.6. The van der Waals surface area contributed by atoms with Crippen LogP contribution in [-0.2, 0) is 19.0 Å². The van der Waals surface area contributed by atoms with Gasteiger partial charge < -0.3 is 0 Å². The Kier molecular flexibility index (Phi) is 3.96. The number of carbonyl (C=O) groups excluding carboxylic acids is 1. The summed E-state index contributed by atoms with van der Waals surface area (Å²) in [5.41, 5.74) is 0.0320. The maximum absolute atomic E-state index is 13.1. The standard InChI is InChI=1S/C14H9ClF3IN2O/c15-9-5-2-4-8(14(16,17)18)11(9)13(22)21-10-6-1-3-7(10)12(19)20-21/h2,4-5H,1,3,6H2. The minimum Gasteiger partial charge on any atom is -0.267 e. The van der Waals surface area contributed by atoms with Gasteiger partial charge in [0.05, 0.1) is 21.8 Å². The van der Waals surface area contributed by atoms with E-state index in [1.807, 2.05) is 22.6 Å². The van der Waals surface area contributed by atoms with Crippen molar-refractivity contribution in [3.63, 3.8) is 0 Å². The lowest BCUT2D eigenvalue weighted by atomic mass is 10.1. The van der Waals surface area contributed by atoms with Crippen LogP contribution in [0.3, 0.4) is 0 Å². The normalized spacial score (nSPS) is 14.2.